The summed E-state index contributed by atoms with van der Waals surface area (Å²) in [5.74, 6) is -0.277. The summed E-state index contributed by atoms with van der Waals surface area (Å²) >= 11 is 0. The summed E-state index contributed by atoms with van der Waals surface area (Å²) in [6, 6.07) is 5.33. The van der Waals surface area contributed by atoms with Crippen LogP contribution in [0.5, 0.6) is 5.75 Å². The number of amides is 2. The predicted octanol–water partition coefficient (Wildman–Crippen LogP) is 0.857. The van der Waals surface area contributed by atoms with Gasteiger partial charge in [0.25, 0.3) is 0 Å². The summed E-state index contributed by atoms with van der Waals surface area (Å²) in [5.41, 5.74) is 7.15. The van der Waals surface area contributed by atoms with Gasteiger partial charge in [-0.15, -0.1) is 0 Å². The van der Waals surface area contributed by atoms with Crippen molar-refractivity contribution in [1.29, 1.82) is 0 Å². The molecule has 6 nitrogen and oxygen atoms in total. The molecule has 0 saturated carbocycles. The minimum absolute atomic E-state index is 0.0367. The topological polar surface area (TPSA) is 75.9 Å². The van der Waals surface area contributed by atoms with Crippen LogP contribution in [0.2, 0.25) is 0 Å². The van der Waals surface area contributed by atoms with Gasteiger partial charge in [0.15, 0.2) is 0 Å². The summed E-state index contributed by atoms with van der Waals surface area (Å²) in [7, 11) is 1.56. The van der Waals surface area contributed by atoms with Gasteiger partial charge in [0.1, 0.15) is 5.75 Å². The number of hydrogen-bond donors (Lipinski definition) is 1. The fourth-order valence-electron chi connectivity index (χ4n) is 2.43. The Hall–Kier alpha value is -2.24. The Morgan fingerprint density at radius 1 is 1.24 bits per heavy atom. The molecule has 0 radical (unpaired) electrons. The van der Waals surface area contributed by atoms with Crippen molar-refractivity contribution in [3.05, 3.63) is 23.8 Å². The number of nitrogen functional groups attached to an aromatic ring is 1. The van der Waals surface area contributed by atoms with Gasteiger partial charge in [-0.2, -0.15) is 0 Å². The molecule has 1 aromatic carbocycles. The van der Waals surface area contributed by atoms with E-state index in [0.29, 0.717) is 31.1 Å². The minimum atomic E-state index is -0.464. The molecular formula is C15H21N3O3. The van der Waals surface area contributed by atoms with Crippen LogP contribution < -0.4 is 10.5 Å². The molecule has 6 heteroatoms. The maximum Gasteiger partial charge on any atom is 0.312 e. The van der Waals surface area contributed by atoms with Gasteiger partial charge in [0, 0.05) is 43.0 Å². The molecule has 2 amide bonds. The fraction of sp³-hybridized carbons (Fsp3) is 0.467. The summed E-state index contributed by atoms with van der Waals surface area (Å²) in [6.07, 6.45) is 0. The summed E-state index contributed by atoms with van der Waals surface area (Å²) in [4.78, 5) is 27.4. The lowest BCUT2D eigenvalue weighted by Crippen LogP contribution is -2.55. The van der Waals surface area contributed by atoms with Crippen LogP contribution in [0.1, 0.15) is 19.4 Å². The molecule has 2 rings (SSSR count). The summed E-state index contributed by atoms with van der Waals surface area (Å²) in [5, 5.41) is 0. The van der Waals surface area contributed by atoms with Crippen LogP contribution in [0.15, 0.2) is 18.2 Å². The van der Waals surface area contributed by atoms with Crippen LogP contribution in [0.4, 0.5) is 5.69 Å². The smallest absolute Gasteiger partial charge is 0.312 e. The number of nitrogens with two attached hydrogens (primary N) is 1. The highest BCUT2D eigenvalue weighted by Gasteiger charge is 2.33. The van der Waals surface area contributed by atoms with E-state index in [4.69, 9.17) is 10.5 Å². The van der Waals surface area contributed by atoms with Crippen molar-refractivity contribution in [1.82, 2.24) is 9.80 Å². The zero-order valence-electron chi connectivity index (χ0n) is 12.6. The molecule has 1 aliphatic rings. The number of carbonyl (C=O) groups is 2. The molecule has 1 heterocycles. The molecule has 0 aliphatic carbocycles. The van der Waals surface area contributed by atoms with E-state index in [2.05, 4.69) is 0 Å². The maximum absolute atomic E-state index is 12.2. The van der Waals surface area contributed by atoms with E-state index in [1.165, 1.54) is 0 Å². The van der Waals surface area contributed by atoms with Crippen molar-refractivity contribution in [2.75, 3.05) is 25.9 Å². The average molecular weight is 291 g/mol. The number of ether oxygens (including phenoxy) is 1. The molecule has 0 unspecified atom stereocenters. The number of hydrogen-bond acceptors (Lipinski definition) is 4. The first-order valence-electron chi connectivity index (χ1n) is 6.96. The van der Waals surface area contributed by atoms with E-state index in [-0.39, 0.29) is 6.04 Å². The lowest BCUT2D eigenvalue weighted by atomic mass is 10.1. The normalized spacial score (nSPS) is 15.8. The van der Waals surface area contributed by atoms with Gasteiger partial charge in [-0.1, -0.05) is 6.07 Å². The number of rotatable bonds is 4. The van der Waals surface area contributed by atoms with Gasteiger partial charge in [0.2, 0.25) is 0 Å². The van der Waals surface area contributed by atoms with Gasteiger partial charge in [-0.25, -0.2) is 0 Å². The van der Waals surface area contributed by atoms with E-state index in [1.54, 1.807) is 29.0 Å². The lowest BCUT2D eigenvalue weighted by molar-refractivity contribution is -0.157. The Balaban J connectivity index is 2.14. The molecule has 114 valence electrons. The third-order valence-corrected chi connectivity index (χ3v) is 3.64. The highest BCUT2D eigenvalue weighted by Crippen LogP contribution is 2.24. The first-order chi connectivity index (χ1) is 9.93. The quantitative estimate of drug-likeness (QED) is 0.659. The number of nitrogens with zero attached hydrogens (tertiary/aromatic N) is 2. The standard InChI is InChI=1S/C15H21N3O3/c1-10(2)18-7-6-17(14(19)15(18)20)9-11-4-5-12(16)8-13(11)21-3/h4-5,8,10H,6-7,9,16H2,1-3H3. The summed E-state index contributed by atoms with van der Waals surface area (Å²) in [6.45, 7) is 5.24. The zero-order valence-corrected chi connectivity index (χ0v) is 12.6. The number of benzene rings is 1. The second-order valence-electron chi connectivity index (χ2n) is 5.39. The average Bonchev–Trinajstić information content (AvgIpc) is 2.45. The van der Waals surface area contributed by atoms with Crippen molar-refractivity contribution in [2.45, 2.75) is 26.4 Å². The molecule has 1 fully saturated rings. The van der Waals surface area contributed by atoms with Crippen LogP contribution in [0, 0.1) is 0 Å². The summed E-state index contributed by atoms with van der Waals surface area (Å²) < 4.78 is 5.28. The van der Waals surface area contributed by atoms with Gasteiger partial charge in [-0.3, -0.25) is 9.59 Å². The molecule has 1 aromatic rings. The van der Waals surface area contributed by atoms with E-state index in [1.807, 2.05) is 19.9 Å². The largest absolute Gasteiger partial charge is 0.496 e. The van der Waals surface area contributed by atoms with Crippen molar-refractivity contribution < 1.29 is 14.3 Å². The van der Waals surface area contributed by atoms with Crippen molar-refractivity contribution in [3.8, 4) is 5.75 Å². The molecule has 1 aliphatic heterocycles. The first-order valence-corrected chi connectivity index (χ1v) is 6.96. The number of anilines is 1. The number of carbonyl (C=O) groups excluding carboxylic acids is 2. The van der Waals surface area contributed by atoms with Crippen LogP contribution in [0.25, 0.3) is 0 Å². The Morgan fingerprint density at radius 3 is 2.57 bits per heavy atom. The molecule has 0 spiro atoms. The van der Waals surface area contributed by atoms with Gasteiger partial charge >= 0.3 is 11.8 Å². The zero-order chi connectivity index (χ0) is 15.6. The molecule has 2 N–H and O–H groups in total. The third-order valence-electron chi connectivity index (χ3n) is 3.64. The van der Waals surface area contributed by atoms with E-state index >= 15 is 0 Å². The van der Waals surface area contributed by atoms with E-state index in [9.17, 15) is 9.59 Å². The van der Waals surface area contributed by atoms with Crippen LogP contribution in [-0.4, -0.2) is 47.9 Å². The molecule has 1 saturated heterocycles. The molecular weight excluding hydrogens is 270 g/mol. The number of piperazine rings is 1. The molecule has 0 aromatic heterocycles. The Kier molecular flexibility index (Phi) is 4.35. The molecule has 0 bridgehead atoms. The Morgan fingerprint density at radius 2 is 1.95 bits per heavy atom. The lowest BCUT2D eigenvalue weighted by Gasteiger charge is -2.36. The van der Waals surface area contributed by atoms with Crippen molar-refractivity contribution in [3.63, 3.8) is 0 Å². The highest BCUT2D eigenvalue weighted by molar-refractivity contribution is 6.35. The third kappa shape index (κ3) is 3.09. The SMILES string of the molecule is COc1cc(N)ccc1CN1CCN(C(C)C)C(=O)C1=O. The van der Waals surface area contributed by atoms with Gasteiger partial charge in [0.05, 0.1) is 7.11 Å². The first kappa shape index (κ1) is 15.2. The second-order valence-corrected chi connectivity index (χ2v) is 5.39. The number of methoxy groups -OCH3 is 1. The minimum Gasteiger partial charge on any atom is -0.496 e. The van der Waals surface area contributed by atoms with E-state index < -0.39 is 11.8 Å². The van der Waals surface area contributed by atoms with E-state index in [0.717, 1.165) is 5.56 Å². The fourth-order valence-corrected chi connectivity index (χ4v) is 2.43. The van der Waals surface area contributed by atoms with Crippen LogP contribution in [-0.2, 0) is 16.1 Å². The second kappa shape index (κ2) is 6.03. The Bertz CT molecular complexity index is 557. The van der Waals surface area contributed by atoms with Crippen LogP contribution in [0.3, 0.4) is 0 Å². The molecule has 0 atom stereocenters. The Labute approximate surface area is 124 Å². The van der Waals surface area contributed by atoms with Crippen molar-refractivity contribution in [2.24, 2.45) is 0 Å². The highest BCUT2D eigenvalue weighted by atomic mass is 16.5. The maximum atomic E-state index is 12.2. The van der Waals surface area contributed by atoms with Crippen molar-refractivity contribution >= 4 is 17.5 Å². The van der Waals surface area contributed by atoms with Crippen LogP contribution >= 0.6 is 0 Å². The monoisotopic (exact) mass is 291 g/mol. The van der Waals surface area contributed by atoms with Gasteiger partial charge in [-0.05, 0) is 19.9 Å². The van der Waals surface area contributed by atoms with Gasteiger partial charge < -0.3 is 20.3 Å². The predicted molar refractivity (Wildman–Crippen MR) is 79.7 cm³/mol. The molecule has 21 heavy (non-hydrogen) atoms.